The molecular formula is C18H23N3O2S. The number of hydrogen-bond acceptors (Lipinski definition) is 4. The van der Waals surface area contributed by atoms with E-state index >= 15 is 0 Å². The van der Waals surface area contributed by atoms with E-state index in [2.05, 4.69) is 28.7 Å². The molecule has 0 aliphatic carbocycles. The van der Waals surface area contributed by atoms with Gasteiger partial charge in [-0.2, -0.15) is 0 Å². The minimum Gasteiger partial charge on any atom is -0.399 e. The lowest BCUT2D eigenvalue weighted by Crippen LogP contribution is -2.37. The maximum atomic E-state index is 12.5. The largest absolute Gasteiger partial charge is 0.399 e. The van der Waals surface area contributed by atoms with E-state index in [-0.39, 0.29) is 10.9 Å². The van der Waals surface area contributed by atoms with Gasteiger partial charge in [-0.25, -0.2) is 13.1 Å². The van der Waals surface area contributed by atoms with Crippen LogP contribution in [0, 0.1) is 0 Å². The molecule has 1 saturated heterocycles. The van der Waals surface area contributed by atoms with Gasteiger partial charge in [-0.15, -0.1) is 0 Å². The Kier molecular flexibility index (Phi) is 4.89. The number of anilines is 1. The molecule has 0 bridgehead atoms. The van der Waals surface area contributed by atoms with E-state index in [0.29, 0.717) is 18.3 Å². The van der Waals surface area contributed by atoms with E-state index in [9.17, 15) is 8.42 Å². The lowest BCUT2D eigenvalue weighted by atomic mass is 10.2. The van der Waals surface area contributed by atoms with Gasteiger partial charge in [0.1, 0.15) is 0 Å². The molecule has 5 nitrogen and oxygen atoms in total. The first-order valence-electron chi connectivity index (χ1n) is 8.10. The van der Waals surface area contributed by atoms with Crippen LogP contribution in [0.15, 0.2) is 59.5 Å². The van der Waals surface area contributed by atoms with Crippen molar-refractivity contribution < 1.29 is 8.42 Å². The predicted molar refractivity (Wildman–Crippen MR) is 95.9 cm³/mol. The van der Waals surface area contributed by atoms with Crippen LogP contribution in [0.2, 0.25) is 0 Å². The third-order valence-electron chi connectivity index (χ3n) is 4.44. The number of likely N-dealkylation sites (tertiary alicyclic amines) is 1. The molecule has 0 amide bonds. The monoisotopic (exact) mass is 345 g/mol. The Morgan fingerprint density at radius 2 is 1.79 bits per heavy atom. The van der Waals surface area contributed by atoms with Crippen molar-refractivity contribution in [3.8, 4) is 0 Å². The number of nitrogen functional groups attached to an aromatic ring is 1. The summed E-state index contributed by atoms with van der Waals surface area (Å²) in [6, 6.07) is 16.8. The van der Waals surface area contributed by atoms with Crippen molar-refractivity contribution in [3.05, 3.63) is 60.2 Å². The zero-order valence-electron chi connectivity index (χ0n) is 13.7. The van der Waals surface area contributed by atoms with Gasteiger partial charge in [0.05, 0.1) is 4.90 Å². The third kappa shape index (κ3) is 3.95. The zero-order chi connectivity index (χ0) is 17.2. The molecule has 3 rings (SSSR count). The van der Waals surface area contributed by atoms with Gasteiger partial charge >= 0.3 is 0 Å². The van der Waals surface area contributed by atoms with E-state index in [1.165, 1.54) is 17.7 Å². The lowest BCUT2D eigenvalue weighted by Gasteiger charge is -2.20. The summed E-state index contributed by atoms with van der Waals surface area (Å²) >= 11 is 0. The summed E-state index contributed by atoms with van der Waals surface area (Å²) in [6.45, 7) is 3.69. The highest BCUT2D eigenvalue weighted by molar-refractivity contribution is 7.89. The molecule has 2 atom stereocenters. The molecule has 2 aromatic rings. The first kappa shape index (κ1) is 17.0. The second-order valence-corrected chi connectivity index (χ2v) is 8.10. The van der Waals surface area contributed by atoms with E-state index < -0.39 is 10.0 Å². The third-order valence-corrected chi connectivity index (χ3v) is 5.98. The van der Waals surface area contributed by atoms with Gasteiger partial charge < -0.3 is 5.73 Å². The Labute approximate surface area is 143 Å². The number of sulfonamides is 1. The molecule has 1 heterocycles. The van der Waals surface area contributed by atoms with E-state index in [4.69, 9.17) is 5.73 Å². The average Bonchev–Trinajstić information content (AvgIpc) is 2.87. The van der Waals surface area contributed by atoms with Crippen LogP contribution in [-0.2, 0) is 16.6 Å². The smallest absolute Gasteiger partial charge is 0.240 e. The SMILES string of the molecule is CC1CC(NS(=O)(=O)c2ccc(N)cc2)CN1Cc1ccccc1. The zero-order valence-corrected chi connectivity index (χ0v) is 14.5. The van der Waals surface area contributed by atoms with Crippen LogP contribution in [0.4, 0.5) is 5.69 Å². The van der Waals surface area contributed by atoms with Crippen LogP contribution in [0.25, 0.3) is 0 Å². The first-order valence-corrected chi connectivity index (χ1v) is 9.58. The van der Waals surface area contributed by atoms with Crippen LogP contribution >= 0.6 is 0 Å². The Balaban J connectivity index is 1.65. The van der Waals surface area contributed by atoms with Gasteiger partial charge in [-0.3, -0.25) is 4.90 Å². The molecule has 3 N–H and O–H groups in total. The molecule has 6 heteroatoms. The molecule has 0 saturated carbocycles. The quantitative estimate of drug-likeness (QED) is 0.815. The number of nitrogens with two attached hydrogens (primary N) is 1. The first-order chi connectivity index (χ1) is 11.4. The van der Waals surface area contributed by atoms with Crippen LogP contribution < -0.4 is 10.5 Å². The summed E-state index contributed by atoms with van der Waals surface area (Å²) in [5, 5.41) is 0. The molecule has 0 spiro atoms. The van der Waals surface area contributed by atoms with Crippen molar-refractivity contribution in [3.63, 3.8) is 0 Å². The summed E-state index contributed by atoms with van der Waals surface area (Å²) in [6.07, 6.45) is 0.807. The van der Waals surface area contributed by atoms with Gasteiger partial charge in [0.2, 0.25) is 10.0 Å². The average molecular weight is 345 g/mol. The summed E-state index contributed by atoms with van der Waals surface area (Å²) < 4.78 is 27.8. The summed E-state index contributed by atoms with van der Waals surface area (Å²) in [7, 11) is -3.51. The number of nitrogens with one attached hydrogen (secondary N) is 1. The number of hydrogen-bond donors (Lipinski definition) is 2. The molecular weight excluding hydrogens is 322 g/mol. The minimum absolute atomic E-state index is 0.0775. The normalized spacial score (nSPS) is 21.9. The van der Waals surface area contributed by atoms with Gasteiger partial charge in [0, 0.05) is 30.9 Å². The van der Waals surface area contributed by atoms with Crippen molar-refractivity contribution in [2.24, 2.45) is 0 Å². The van der Waals surface area contributed by atoms with Crippen molar-refractivity contribution in [2.75, 3.05) is 12.3 Å². The summed E-state index contributed by atoms with van der Waals surface area (Å²) in [4.78, 5) is 2.57. The molecule has 2 aromatic carbocycles. The molecule has 0 aromatic heterocycles. The fourth-order valence-electron chi connectivity index (χ4n) is 3.16. The molecule has 1 aliphatic heterocycles. The molecule has 24 heavy (non-hydrogen) atoms. The molecule has 128 valence electrons. The lowest BCUT2D eigenvalue weighted by molar-refractivity contribution is 0.258. The van der Waals surface area contributed by atoms with Crippen molar-refractivity contribution >= 4 is 15.7 Å². The van der Waals surface area contributed by atoms with Crippen molar-refractivity contribution in [1.82, 2.24) is 9.62 Å². The predicted octanol–water partition coefficient (Wildman–Crippen LogP) is 2.21. The fourth-order valence-corrected chi connectivity index (χ4v) is 4.40. The molecule has 1 fully saturated rings. The van der Waals surface area contributed by atoms with Crippen LogP contribution in [0.5, 0.6) is 0 Å². The maximum Gasteiger partial charge on any atom is 0.240 e. The summed E-state index contributed by atoms with van der Waals surface area (Å²) in [5.74, 6) is 0. The molecule has 1 aliphatic rings. The topological polar surface area (TPSA) is 75.4 Å². The van der Waals surface area contributed by atoms with Gasteiger partial charge in [0.25, 0.3) is 0 Å². The highest BCUT2D eigenvalue weighted by Gasteiger charge is 2.32. The number of rotatable bonds is 5. The van der Waals surface area contributed by atoms with Gasteiger partial charge in [-0.1, -0.05) is 30.3 Å². The Hall–Kier alpha value is -1.89. The standard InChI is InChI=1S/C18H23N3O2S/c1-14-11-17(13-21(14)12-15-5-3-2-4-6-15)20-24(22,23)18-9-7-16(19)8-10-18/h2-10,14,17,20H,11-13,19H2,1H3. The highest BCUT2D eigenvalue weighted by Crippen LogP contribution is 2.22. The van der Waals surface area contributed by atoms with E-state index in [0.717, 1.165) is 13.0 Å². The van der Waals surface area contributed by atoms with Gasteiger partial charge in [0.15, 0.2) is 0 Å². The van der Waals surface area contributed by atoms with E-state index in [1.54, 1.807) is 12.1 Å². The van der Waals surface area contributed by atoms with Crippen LogP contribution in [0.3, 0.4) is 0 Å². The van der Waals surface area contributed by atoms with Crippen molar-refractivity contribution in [2.45, 2.75) is 36.9 Å². The Morgan fingerprint density at radius 1 is 1.12 bits per heavy atom. The Bertz CT molecular complexity index is 776. The number of nitrogens with zero attached hydrogens (tertiary/aromatic N) is 1. The second kappa shape index (κ2) is 6.93. The maximum absolute atomic E-state index is 12.5. The second-order valence-electron chi connectivity index (χ2n) is 6.39. The van der Waals surface area contributed by atoms with Crippen molar-refractivity contribution in [1.29, 1.82) is 0 Å². The van der Waals surface area contributed by atoms with E-state index in [1.807, 2.05) is 18.2 Å². The van der Waals surface area contributed by atoms with Crippen LogP contribution in [0.1, 0.15) is 18.9 Å². The molecule has 0 radical (unpaired) electrons. The Morgan fingerprint density at radius 3 is 2.46 bits per heavy atom. The highest BCUT2D eigenvalue weighted by atomic mass is 32.2. The number of benzene rings is 2. The molecule has 2 unspecified atom stereocenters. The summed E-state index contributed by atoms with van der Waals surface area (Å²) in [5.41, 5.74) is 7.42. The van der Waals surface area contributed by atoms with Gasteiger partial charge in [-0.05, 0) is 43.2 Å². The fraction of sp³-hybridized carbons (Fsp3) is 0.333. The minimum atomic E-state index is -3.51. The van der Waals surface area contributed by atoms with Crippen LogP contribution in [-0.4, -0.2) is 31.9 Å².